The van der Waals surface area contributed by atoms with Gasteiger partial charge in [0.15, 0.2) is 0 Å². The molecule has 2 saturated heterocycles. The lowest BCUT2D eigenvalue weighted by Gasteiger charge is -2.41. The van der Waals surface area contributed by atoms with E-state index in [1.807, 2.05) is 18.2 Å². The second-order valence-corrected chi connectivity index (χ2v) is 10.2. The molecule has 0 unspecified atom stereocenters. The Hall–Kier alpha value is -2.21. The normalized spacial score (nSPS) is 23.0. The monoisotopic (exact) mass is 454 g/mol. The summed E-state index contributed by atoms with van der Waals surface area (Å²) >= 11 is 0. The SMILES string of the molecule is CCC[C@@]1(C2CCN(C[C@@H](C)CCC=C(C)C)CC2)NC(=O)N(CCc2ccccn2)C1=O. The van der Waals surface area contributed by atoms with Crippen molar-refractivity contribution in [2.24, 2.45) is 11.8 Å². The quantitative estimate of drug-likeness (QED) is 0.385. The lowest BCUT2D eigenvalue weighted by Crippen LogP contribution is -2.56. The minimum atomic E-state index is -0.739. The summed E-state index contributed by atoms with van der Waals surface area (Å²) in [6, 6.07) is 5.51. The number of carbonyl (C=O) groups excluding carboxylic acids is 2. The molecule has 0 saturated carbocycles. The van der Waals surface area contributed by atoms with Crippen LogP contribution in [0, 0.1) is 11.8 Å². The smallest absolute Gasteiger partial charge is 0.323 e. The molecule has 2 atom stereocenters. The van der Waals surface area contributed by atoms with Crippen LogP contribution in [0.15, 0.2) is 36.0 Å². The van der Waals surface area contributed by atoms with Gasteiger partial charge in [-0.15, -0.1) is 0 Å². The molecular formula is C27H42N4O2. The topological polar surface area (TPSA) is 65.5 Å². The molecule has 1 N–H and O–H groups in total. The van der Waals surface area contributed by atoms with Crippen LogP contribution in [0.4, 0.5) is 4.79 Å². The average molecular weight is 455 g/mol. The van der Waals surface area contributed by atoms with E-state index in [0.717, 1.165) is 51.0 Å². The highest BCUT2D eigenvalue weighted by Crippen LogP contribution is 2.37. The largest absolute Gasteiger partial charge is 0.325 e. The molecule has 3 rings (SSSR count). The van der Waals surface area contributed by atoms with E-state index in [-0.39, 0.29) is 17.9 Å². The number of piperidine rings is 1. The lowest BCUT2D eigenvalue weighted by atomic mass is 9.74. The lowest BCUT2D eigenvalue weighted by molar-refractivity contribution is -0.134. The van der Waals surface area contributed by atoms with Gasteiger partial charge in [0.1, 0.15) is 5.54 Å². The summed E-state index contributed by atoms with van der Waals surface area (Å²) in [5, 5.41) is 3.16. The minimum absolute atomic E-state index is 0.0289. The molecule has 6 heteroatoms. The first kappa shape index (κ1) is 25.4. The molecule has 2 aliphatic heterocycles. The Morgan fingerprint density at radius 2 is 2.03 bits per heavy atom. The number of likely N-dealkylation sites (tertiary alicyclic amines) is 1. The molecule has 0 radical (unpaired) electrons. The van der Waals surface area contributed by atoms with Crippen molar-refractivity contribution in [1.29, 1.82) is 0 Å². The Morgan fingerprint density at radius 1 is 1.27 bits per heavy atom. The van der Waals surface area contributed by atoms with Crippen LogP contribution in [0.1, 0.15) is 71.9 Å². The van der Waals surface area contributed by atoms with Crippen LogP contribution < -0.4 is 5.32 Å². The van der Waals surface area contributed by atoms with Crippen LogP contribution in [0.3, 0.4) is 0 Å². The summed E-state index contributed by atoms with van der Waals surface area (Å²) in [7, 11) is 0. The Morgan fingerprint density at radius 3 is 2.67 bits per heavy atom. The molecule has 3 amide bonds. The van der Waals surface area contributed by atoms with Crippen LogP contribution >= 0.6 is 0 Å². The number of aromatic nitrogens is 1. The number of pyridine rings is 1. The van der Waals surface area contributed by atoms with E-state index in [9.17, 15) is 9.59 Å². The summed E-state index contributed by atoms with van der Waals surface area (Å²) in [4.78, 5) is 34.8. The molecule has 1 aromatic heterocycles. The Bertz CT molecular complexity index is 813. The fourth-order valence-corrected chi connectivity index (χ4v) is 5.46. The molecule has 2 aliphatic rings. The van der Waals surface area contributed by atoms with Crippen LogP contribution in [0.5, 0.6) is 0 Å². The standard InChI is InChI=1S/C27H42N4O2/c1-5-15-27(23-12-17-30(18-13-23)20-22(4)10-8-9-21(2)3)25(32)31(26(33)29-27)19-14-24-11-6-7-16-28-24/h6-7,9,11,16,22-23H,5,8,10,12-15,17-20H2,1-4H3,(H,29,33)/t22-,27-/m0/s1. The van der Waals surface area contributed by atoms with E-state index in [1.54, 1.807) is 6.20 Å². The summed E-state index contributed by atoms with van der Waals surface area (Å²) in [6.07, 6.45) is 10.5. The fraction of sp³-hybridized carbons (Fsp3) is 0.667. The predicted octanol–water partition coefficient (Wildman–Crippen LogP) is 4.81. The summed E-state index contributed by atoms with van der Waals surface area (Å²) in [5.41, 5.74) is 1.55. The Labute approximate surface area is 199 Å². The van der Waals surface area contributed by atoms with Gasteiger partial charge in [0.05, 0.1) is 0 Å². The Balaban J connectivity index is 1.57. The van der Waals surface area contributed by atoms with Crippen molar-refractivity contribution in [2.75, 3.05) is 26.2 Å². The van der Waals surface area contributed by atoms with E-state index in [0.29, 0.717) is 25.3 Å². The van der Waals surface area contributed by atoms with Crippen LogP contribution in [0.25, 0.3) is 0 Å². The molecule has 0 aliphatic carbocycles. The molecule has 0 bridgehead atoms. The van der Waals surface area contributed by atoms with Crippen molar-refractivity contribution < 1.29 is 9.59 Å². The highest BCUT2D eigenvalue weighted by molar-refractivity contribution is 6.07. The molecule has 182 valence electrons. The maximum atomic E-state index is 13.6. The molecule has 2 fully saturated rings. The first-order chi connectivity index (χ1) is 15.9. The van der Waals surface area contributed by atoms with Crippen molar-refractivity contribution in [2.45, 2.75) is 78.2 Å². The molecule has 0 aromatic carbocycles. The maximum absolute atomic E-state index is 13.6. The van der Waals surface area contributed by atoms with Crippen LogP contribution in [0.2, 0.25) is 0 Å². The number of amides is 3. The molecule has 0 spiro atoms. The van der Waals surface area contributed by atoms with Gasteiger partial charge in [0, 0.05) is 31.4 Å². The van der Waals surface area contributed by atoms with Crippen molar-refractivity contribution in [3.8, 4) is 0 Å². The molecule has 3 heterocycles. The van der Waals surface area contributed by atoms with E-state index in [1.165, 1.54) is 16.9 Å². The number of nitrogens with one attached hydrogen (secondary N) is 1. The number of urea groups is 1. The third kappa shape index (κ3) is 6.44. The number of carbonyl (C=O) groups is 2. The average Bonchev–Trinajstić information content (AvgIpc) is 3.03. The number of allylic oxidation sites excluding steroid dienone is 2. The van der Waals surface area contributed by atoms with Gasteiger partial charge in [-0.2, -0.15) is 0 Å². The number of imide groups is 1. The second kappa shape index (κ2) is 11.8. The zero-order valence-electron chi connectivity index (χ0n) is 21.0. The Kier molecular flexibility index (Phi) is 9.07. The second-order valence-electron chi connectivity index (χ2n) is 10.2. The molecule has 6 nitrogen and oxygen atoms in total. The molecule has 1 aromatic rings. The third-order valence-corrected chi connectivity index (χ3v) is 7.23. The number of rotatable bonds is 11. The number of nitrogens with zero attached hydrogens (tertiary/aromatic N) is 3. The van der Waals surface area contributed by atoms with Gasteiger partial charge < -0.3 is 10.2 Å². The number of hydrogen-bond acceptors (Lipinski definition) is 4. The minimum Gasteiger partial charge on any atom is -0.323 e. The summed E-state index contributed by atoms with van der Waals surface area (Å²) in [5.74, 6) is 0.835. The highest BCUT2D eigenvalue weighted by Gasteiger charge is 2.55. The van der Waals surface area contributed by atoms with E-state index in [4.69, 9.17) is 0 Å². The maximum Gasteiger partial charge on any atom is 0.325 e. The van der Waals surface area contributed by atoms with Crippen LogP contribution in [-0.2, 0) is 11.2 Å². The van der Waals surface area contributed by atoms with E-state index in [2.05, 4.69) is 49.0 Å². The third-order valence-electron chi connectivity index (χ3n) is 7.23. The fourth-order valence-electron chi connectivity index (χ4n) is 5.46. The first-order valence-electron chi connectivity index (χ1n) is 12.8. The van der Waals surface area contributed by atoms with Gasteiger partial charge in [-0.05, 0) is 83.0 Å². The van der Waals surface area contributed by atoms with E-state index < -0.39 is 5.54 Å². The van der Waals surface area contributed by atoms with Gasteiger partial charge >= 0.3 is 6.03 Å². The van der Waals surface area contributed by atoms with Crippen molar-refractivity contribution >= 4 is 11.9 Å². The van der Waals surface area contributed by atoms with Gasteiger partial charge in [-0.3, -0.25) is 14.7 Å². The summed E-state index contributed by atoms with van der Waals surface area (Å²) in [6.45, 7) is 12.2. The van der Waals surface area contributed by atoms with Crippen LogP contribution in [-0.4, -0.2) is 58.4 Å². The summed E-state index contributed by atoms with van der Waals surface area (Å²) < 4.78 is 0. The van der Waals surface area contributed by atoms with Crippen molar-refractivity contribution in [1.82, 2.24) is 20.1 Å². The van der Waals surface area contributed by atoms with E-state index >= 15 is 0 Å². The van der Waals surface area contributed by atoms with Gasteiger partial charge in [-0.25, -0.2) is 4.79 Å². The van der Waals surface area contributed by atoms with Crippen molar-refractivity contribution in [3.63, 3.8) is 0 Å². The first-order valence-corrected chi connectivity index (χ1v) is 12.8. The zero-order valence-corrected chi connectivity index (χ0v) is 21.0. The van der Waals surface area contributed by atoms with Gasteiger partial charge in [0.25, 0.3) is 5.91 Å². The van der Waals surface area contributed by atoms with Gasteiger partial charge in [-0.1, -0.05) is 38.0 Å². The molecular weight excluding hydrogens is 412 g/mol. The predicted molar refractivity (Wildman–Crippen MR) is 133 cm³/mol. The van der Waals surface area contributed by atoms with Gasteiger partial charge in [0.2, 0.25) is 0 Å². The highest BCUT2D eigenvalue weighted by atomic mass is 16.2. The number of hydrogen-bond donors (Lipinski definition) is 1. The zero-order chi connectivity index (χ0) is 23.8. The van der Waals surface area contributed by atoms with Crippen molar-refractivity contribution in [3.05, 3.63) is 41.7 Å². The molecule has 33 heavy (non-hydrogen) atoms.